The molecule has 1 saturated heterocycles. The van der Waals surface area contributed by atoms with E-state index in [9.17, 15) is 14.7 Å². The lowest BCUT2D eigenvalue weighted by molar-refractivity contribution is -0.132. The number of anilines is 1. The fourth-order valence-corrected chi connectivity index (χ4v) is 5.65. The van der Waals surface area contributed by atoms with Crippen molar-refractivity contribution < 1.29 is 19.4 Å². The highest BCUT2D eigenvalue weighted by Crippen LogP contribution is 2.44. The fraction of sp³-hybridized carbons (Fsp3) is 0.233. The molecule has 0 bridgehead atoms. The van der Waals surface area contributed by atoms with Crippen LogP contribution in [0.3, 0.4) is 0 Å². The van der Waals surface area contributed by atoms with Gasteiger partial charge in [-0.05, 0) is 72.9 Å². The maximum Gasteiger partial charge on any atom is 0.301 e. The first-order valence-electron chi connectivity index (χ1n) is 12.3. The van der Waals surface area contributed by atoms with E-state index in [1.165, 1.54) is 16.2 Å². The summed E-state index contributed by atoms with van der Waals surface area (Å²) in [6, 6.07) is 19.8. The first-order valence-corrected chi connectivity index (χ1v) is 13.1. The molecule has 3 aromatic carbocycles. The number of ether oxygens (including phenoxy) is 1. The number of hydrogen-bond donors (Lipinski definition) is 1. The van der Waals surface area contributed by atoms with Gasteiger partial charge < -0.3 is 9.84 Å². The number of aliphatic hydroxyl groups is 1. The van der Waals surface area contributed by atoms with E-state index < -0.39 is 17.7 Å². The number of rotatable bonds is 6. The molecule has 1 aromatic heterocycles. The Morgan fingerprint density at radius 1 is 1.05 bits per heavy atom. The standard InChI is InChI=1S/C30H28N2O4S/c1-5-36-22-13-11-21(12-14-22)27(33)25-26(20-9-7-19(8-10-20)17(2)3)32(29(35)28(25)34)30-31-23-15-6-18(4)16-24(23)37-30/h6-17,26,33H,5H2,1-4H3/t26-/m1/s1. The molecule has 1 aliphatic heterocycles. The van der Waals surface area contributed by atoms with Gasteiger partial charge in [-0.25, -0.2) is 4.98 Å². The minimum atomic E-state index is -0.811. The summed E-state index contributed by atoms with van der Waals surface area (Å²) in [7, 11) is 0. The first kappa shape index (κ1) is 24.7. The highest BCUT2D eigenvalue weighted by Gasteiger charge is 2.48. The van der Waals surface area contributed by atoms with Gasteiger partial charge in [0.2, 0.25) is 0 Å². The Hall–Kier alpha value is -3.97. The molecule has 4 aromatic rings. The average molecular weight is 513 g/mol. The van der Waals surface area contributed by atoms with Gasteiger partial charge in [-0.1, -0.05) is 55.5 Å². The van der Waals surface area contributed by atoms with Gasteiger partial charge in [-0.2, -0.15) is 0 Å². The summed E-state index contributed by atoms with van der Waals surface area (Å²) in [6.07, 6.45) is 0. The van der Waals surface area contributed by atoms with E-state index in [1.54, 1.807) is 24.3 Å². The lowest BCUT2D eigenvalue weighted by Gasteiger charge is -2.23. The second-order valence-corrected chi connectivity index (χ2v) is 10.4. The SMILES string of the molecule is CCOc1ccc(C(O)=C2C(=O)C(=O)N(c3nc4ccc(C)cc4s3)[C@@H]2c2ccc(C(C)C)cc2)cc1. The molecule has 5 rings (SSSR count). The minimum Gasteiger partial charge on any atom is -0.507 e. The largest absolute Gasteiger partial charge is 0.507 e. The van der Waals surface area contributed by atoms with E-state index in [0.717, 1.165) is 26.9 Å². The highest BCUT2D eigenvalue weighted by molar-refractivity contribution is 7.22. The summed E-state index contributed by atoms with van der Waals surface area (Å²) in [5, 5.41) is 11.8. The quantitative estimate of drug-likeness (QED) is 0.176. The van der Waals surface area contributed by atoms with Crippen molar-refractivity contribution in [1.29, 1.82) is 0 Å². The zero-order valence-corrected chi connectivity index (χ0v) is 22.0. The van der Waals surface area contributed by atoms with Crippen LogP contribution in [0, 0.1) is 6.92 Å². The second-order valence-electron chi connectivity index (χ2n) is 9.42. The number of ketones is 1. The van der Waals surface area contributed by atoms with Crippen LogP contribution in [-0.2, 0) is 9.59 Å². The first-order chi connectivity index (χ1) is 17.8. The highest BCUT2D eigenvalue weighted by atomic mass is 32.1. The van der Waals surface area contributed by atoms with Crippen LogP contribution in [-0.4, -0.2) is 28.4 Å². The number of aromatic nitrogens is 1. The van der Waals surface area contributed by atoms with Crippen LogP contribution < -0.4 is 9.64 Å². The van der Waals surface area contributed by atoms with E-state index in [4.69, 9.17) is 9.72 Å². The predicted molar refractivity (Wildman–Crippen MR) is 147 cm³/mol. The third-order valence-corrected chi connectivity index (χ3v) is 7.56. The molecule has 1 amide bonds. The van der Waals surface area contributed by atoms with E-state index in [1.807, 2.05) is 56.3 Å². The summed E-state index contributed by atoms with van der Waals surface area (Å²) in [5.74, 6) is -0.679. The van der Waals surface area contributed by atoms with Gasteiger partial charge in [0.05, 0.1) is 28.4 Å². The minimum absolute atomic E-state index is 0.0434. The van der Waals surface area contributed by atoms with Crippen molar-refractivity contribution in [2.24, 2.45) is 0 Å². The van der Waals surface area contributed by atoms with Crippen molar-refractivity contribution in [3.8, 4) is 5.75 Å². The Kier molecular flexibility index (Phi) is 6.56. The van der Waals surface area contributed by atoms with Gasteiger partial charge in [0.15, 0.2) is 5.13 Å². The lowest BCUT2D eigenvalue weighted by Crippen LogP contribution is -2.29. The molecule has 0 radical (unpaired) electrons. The smallest absolute Gasteiger partial charge is 0.301 e. The number of carbonyl (C=O) groups is 2. The molecule has 188 valence electrons. The van der Waals surface area contributed by atoms with E-state index in [2.05, 4.69) is 13.8 Å². The van der Waals surface area contributed by atoms with Crippen LogP contribution in [0.15, 0.2) is 72.3 Å². The summed E-state index contributed by atoms with van der Waals surface area (Å²) >= 11 is 1.36. The van der Waals surface area contributed by atoms with Crippen molar-refractivity contribution in [3.05, 3.63) is 94.6 Å². The van der Waals surface area contributed by atoms with E-state index in [0.29, 0.717) is 29.0 Å². The molecule has 0 unspecified atom stereocenters. The summed E-state index contributed by atoms with van der Waals surface area (Å²) in [5.41, 5.74) is 4.19. The zero-order chi connectivity index (χ0) is 26.3. The number of hydrogen-bond acceptors (Lipinski definition) is 6. The molecular weight excluding hydrogens is 484 g/mol. The van der Waals surface area contributed by atoms with Crippen molar-refractivity contribution >= 4 is 44.1 Å². The van der Waals surface area contributed by atoms with Crippen molar-refractivity contribution in [3.63, 3.8) is 0 Å². The van der Waals surface area contributed by atoms with Crippen LogP contribution in [0.2, 0.25) is 0 Å². The third kappa shape index (κ3) is 4.51. The zero-order valence-electron chi connectivity index (χ0n) is 21.2. The van der Waals surface area contributed by atoms with Gasteiger partial charge in [-0.3, -0.25) is 14.5 Å². The molecule has 2 heterocycles. The van der Waals surface area contributed by atoms with Crippen LogP contribution in [0.4, 0.5) is 5.13 Å². The third-order valence-electron chi connectivity index (χ3n) is 6.54. The van der Waals surface area contributed by atoms with Crippen molar-refractivity contribution in [2.75, 3.05) is 11.5 Å². The molecule has 0 spiro atoms. The Morgan fingerprint density at radius 3 is 2.41 bits per heavy atom. The maximum atomic E-state index is 13.5. The molecule has 1 atom stereocenters. The molecule has 1 N–H and O–H groups in total. The Bertz CT molecular complexity index is 1520. The second kappa shape index (κ2) is 9.82. The van der Waals surface area contributed by atoms with Crippen molar-refractivity contribution in [2.45, 2.75) is 39.7 Å². The molecule has 1 aliphatic rings. The van der Waals surface area contributed by atoms with Gasteiger partial charge in [0.1, 0.15) is 11.5 Å². The Balaban J connectivity index is 1.68. The molecule has 37 heavy (non-hydrogen) atoms. The summed E-state index contributed by atoms with van der Waals surface area (Å²) in [6.45, 7) is 8.62. The van der Waals surface area contributed by atoms with Gasteiger partial charge in [0, 0.05) is 5.56 Å². The van der Waals surface area contributed by atoms with Crippen LogP contribution >= 0.6 is 11.3 Å². The summed E-state index contributed by atoms with van der Waals surface area (Å²) in [4.78, 5) is 33.0. The molecular formula is C30H28N2O4S. The number of Topliss-reactive ketones (excluding diaryl/α,β-unsaturated/α-hetero) is 1. The number of aliphatic hydroxyl groups excluding tert-OH is 1. The molecule has 1 fully saturated rings. The van der Waals surface area contributed by atoms with Crippen LogP contribution in [0.5, 0.6) is 5.75 Å². The van der Waals surface area contributed by atoms with E-state index in [-0.39, 0.29) is 11.3 Å². The van der Waals surface area contributed by atoms with Crippen LogP contribution in [0.1, 0.15) is 55.0 Å². The van der Waals surface area contributed by atoms with Gasteiger partial charge in [-0.15, -0.1) is 0 Å². The fourth-order valence-electron chi connectivity index (χ4n) is 4.56. The molecule has 6 nitrogen and oxygen atoms in total. The monoisotopic (exact) mass is 512 g/mol. The number of carbonyl (C=O) groups excluding carboxylic acids is 2. The number of fused-ring (bicyclic) bond motifs is 1. The molecule has 0 aliphatic carbocycles. The van der Waals surface area contributed by atoms with Gasteiger partial charge in [0.25, 0.3) is 5.78 Å². The van der Waals surface area contributed by atoms with Crippen LogP contribution in [0.25, 0.3) is 16.0 Å². The number of amides is 1. The number of thiazole rings is 1. The Labute approximate surface area is 219 Å². The van der Waals surface area contributed by atoms with E-state index >= 15 is 0 Å². The number of nitrogens with zero attached hydrogens (tertiary/aromatic N) is 2. The number of aryl methyl sites for hydroxylation is 1. The number of benzene rings is 3. The summed E-state index contributed by atoms with van der Waals surface area (Å²) < 4.78 is 6.43. The topological polar surface area (TPSA) is 79.7 Å². The average Bonchev–Trinajstić information content (AvgIpc) is 3.42. The molecule has 0 saturated carbocycles. The van der Waals surface area contributed by atoms with Gasteiger partial charge >= 0.3 is 5.91 Å². The maximum absolute atomic E-state index is 13.5. The normalized spacial score (nSPS) is 17.2. The Morgan fingerprint density at radius 2 is 1.76 bits per heavy atom. The predicted octanol–water partition coefficient (Wildman–Crippen LogP) is 6.75. The molecule has 7 heteroatoms. The lowest BCUT2D eigenvalue weighted by atomic mass is 9.93. The van der Waals surface area contributed by atoms with Crippen molar-refractivity contribution in [1.82, 2.24) is 4.98 Å².